The minimum Gasteiger partial charge on any atom is -0.483 e. The van der Waals surface area contributed by atoms with E-state index in [0.29, 0.717) is 40.3 Å². The second kappa shape index (κ2) is 9.94. The number of nitrogens with one attached hydrogen (secondary N) is 2. The van der Waals surface area contributed by atoms with Crippen LogP contribution in [0.2, 0.25) is 0 Å². The standard InChI is InChI=1S/C17H16BrF2N5OS2.CH2O2/c18-9-6-27-7-11(9)24-15(26)8-5-28-16-13(8)25-12(4-22-16)23-10-2-1-3-17(19,20)14(10)21;2-1-3/h4-7,10,14H,1-3,21H2,(H,23,25)(H,24,26);1H,(H,2,3)/t10-,14-;/m1./s1. The second-order valence-corrected chi connectivity index (χ2v) is 9.14. The molecule has 2 atom stereocenters. The Labute approximate surface area is 192 Å². The van der Waals surface area contributed by atoms with E-state index in [1.54, 1.807) is 5.38 Å². The Kier molecular flexibility index (Phi) is 7.51. The molecule has 3 heterocycles. The van der Waals surface area contributed by atoms with Crippen LogP contribution in [0.4, 0.5) is 20.3 Å². The summed E-state index contributed by atoms with van der Waals surface area (Å²) in [5.41, 5.74) is 7.22. The van der Waals surface area contributed by atoms with E-state index in [2.05, 4.69) is 36.5 Å². The SMILES string of the molecule is N[C@@H]1[C@H](Nc2cnc3scc(C(=O)Nc4cscc4Br)c3n2)CCCC1(F)F.O=CO. The van der Waals surface area contributed by atoms with E-state index in [1.807, 2.05) is 10.8 Å². The zero-order chi connectivity index (χ0) is 22.6. The Bertz CT molecular complexity index is 1080. The maximum absolute atomic E-state index is 13.9. The maximum atomic E-state index is 13.9. The molecule has 0 aliphatic heterocycles. The highest BCUT2D eigenvalue weighted by atomic mass is 79.9. The highest BCUT2D eigenvalue weighted by Gasteiger charge is 2.44. The minimum absolute atomic E-state index is 0.204. The van der Waals surface area contributed by atoms with Crippen LogP contribution < -0.4 is 16.4 Å². The number of rotatable bonds is 4. The summed E-state index contributed by atoms with van der Waals surface area (Å²) >= 11 is 6.14. The summed E-state index contributed by atoms with van der Waals surface area (Å²) in [6, 6.07) is -1.90. The Hall–Kier alpha value is -2.22. The van der Waals surface area contributed by atoms with Gasteiger partial charge in [0.15, 0.2) is 0 Å². The summed E-state index contributed by atoms with van der Waals surface area (Å²) in [4.78, 5) is 30.4. The lowest BCUT2D eigenvalue weighted by molar-refractivity contribution is -0.122. The topological polar surface area (TPSA) is 130 Å². The highest BCUT2D eigenvalue weighted by Crippen LogP contribution is 2.34. The lowest BCUT2D eigenvalue weighted by Crippen LogP contribution is -2.55. The molecular weight excluding hydrogens is 516 g/mol. The van der Waals surface area contributed by atoms with Crippen molar-refractivity contribution >= 4 is 72.8 Å². The monoisotopic (exact) mass is 533 g/mol. The number of carbonyl (C=O) groups excluding carboxylic acids is 1. The minimum atomic E-state index is -2.91. The first-order valence-corrected chi connectivity index (χ1v) is 11.6. The largest absolute Gasteiger partial charge is 0.483 e. The second-order valence-electron chi connectivity index (χ2n) is 6.68. The van der Waals surface area contributed by atoms with Crippen molar-refractivity contribution < 1.29 is 23.5 Å². The van der Waals surface area contributed by atoms with E-state index in [9.17, 15) is 13.6 Å². The predicted octanol–water partition coefficient (Wildman–Crippen LogP) is 4.40. The van der Waals surface area contributed by atoms with Gasteiger partial charge in [0.2, 0.25) is 0 Å². The maximum Gasteiger partial charge on any atom is 0.290 e. The van der Waals surface area contributed by atoms with Gasteiger partial charge < -0.3 is 21.5 Å². The number of nitrogens with zero attached hydrogens (tertiary/aromatic N) is 2. The van der Waals surface area contributed by atoms with Gasteiger partial charge in [0.1, 0.15) is 16.2 Å². The van der Waals surface area contributed by atoms with Crippen LogP contribution in [0.15, 0.2) is 26.8 Å². The summed E-state index contributed by atoms with van der Waals surface area (Å²) in [6.07, 6.45) is 2.19. The number of carbonyl (C=O) groups is 2. The molecule has 4 rings (SSSR count). The highest BCUT2D eigenvalue weighted by molar-refractivity contribution is 9.10. The molecule has 1 saturated carbocycles. The number of alkyl halides is 2. The average Bonchev–Trinajstić information content (AvgIpc) is 3.32. The number of fused-ring (bicyclic) bond motifs is 1. The summed E-state index contributed by atoms with van der Waals surface area (Å²) in [6.45, 7) is -0.250. The van der Waals surface area contributed by atoms with Crippen molar-refractivity contribution in [3.05, 3.63) is 32.4 Å². The van der Waals surface area contributed by atoms with Gasteiger partial charge in [-0.15, -0.1) is 22.7 Å². The van der Waals surface area contributed by atoms with Gasteiger partial charge in [-0.2, -0.15) is 0 Å². The van der Waals surface area contributed by atoms with Crippen molar-refractivity contribution in [2.45, 2.75) is 37.3 Å². The van der Waals surface area contributed by atoms with Crippen molar-refractivity contribution in [3.63, 3.8) is 0 Å². The van der Waals surface area contributed by atoms with Gasteiger partial charge >= 0.3 is 0 Å². The molecule has 13 heteroatoms. The zero-order valence-electron chi connectivity index (χ0n) is 15.8. The van der Waals surface area contributed by atoms with E-state index in [4.69, 9.17) is 15.6 Å². The van der Waals surface area contributed by atoms with Crippen LogP contribution in [0, 0.1) is 0 Å². The molecule has 3 aromatic rings. The Morgan fingerprint density at radius 1 is 1.39 bits per heavy atom. The lowest BCUT2D eigenvalue weighted by Gasteiger charge is -2.36. The van der Waals surface area contributed by atoms with Gasteiger partial charge in [0.25, 0.3) is 18.3 Å². The molecular formula is C18H18BrF2N5O3S2. The smallest absolute Gasteiger partial charge is 0.290 e. The molecule has 1 aliphatic rings. The zero-order valence-corrected chi connectivity index (χ0v) is 19.1. The quantitative estimate of drug-likeness (QED) is 0.365. The Morgan fingerprint density at radius 2 is 2.13 bits per heavy atom. The average molecular weight is 534 g/mol. The molecule has 1 aliphatic carbocycles. The molecule has 1 amide bonds. The van der Waals surface area contributed by atoms with Gasteiger partial charge in [-0.05, 0) is 28.8 Å². The van der Waals surface area contributed by atoms with Crippen molar-refractivity contribution in [2.24, 2.45) is 5.73 Å². The van der Waals surface area contributed by atoms with Gasteiger partial charge in [-0.25, -0.2) is 18.7 Å². The van der Waals surface area contributed by atoms with Gasteiger partial charge in [0, 0.05) is 28.6 Å². The van der Waals surface area contributed by atoms with Crippen molar-refractivity contribution in [3.8, 4) is 0 Å². The summed E-state index contributed by atoms with van der Waals surface area (Å²) in [7, 11) is 0. The first-order chi connectivity index (χ1) is 14.8. The molecule has 8 nitrogen and oxygen atoms in total. The van der Waals surface area contributed by atoms with Crippen LogP contribution in [0.3, 0.4) is 0 Å². The molecule has 1 fully saturated rings. The fourth-order valence-corrected chi connectivity index (χ4v) is 5.31. The van der Waals surface area contributed by atoms with Gasteiger partial charge in [-0.1, -0.05) is 0 Å². The van der Waals surface area contributed by atoms with E-state index < -0.39 is 18.0 Å². The Balaban J connectivity index is 0.000000858. The molecule has 3 aromatic heterocycles. The number of amides is 1. The fourth-order valence-electron chi connectivity index (χ4n) is 3.15. The third-order valence-electron chi connectivity index (χ3n) is 4.67. The van der Waals surface area contributed by atoms with Crippen molar-refractivity contribution in [2.75, 3.05) is 10.6 Å². The number of aromatic nitrogens is 2. The number of halogens is 3. The summed E-state index contributed by atoms with van der Waals surface area (Å²) in [5.74, 6) is -2.89. The predicted molar refractivity (Wildman–Crippen MR) is 120 cm³/mol. The molecule has 0 aromatic carbocycles. The van der Waals surface area contributed by atoms with Gasteiger partial charge in [-0.3, -0.25) is 9.59 Å². The summed E-state index contributed by atoms with van der Waals surface area (Å²) < 4.78 is 28.6. The first kappa shape index (κ1) is 23.4. The molecule has 0 unspecified atom stereocenters. The lowest BCUT2D eigenvalue weighted by atomic mass is 9.87. The number of hydrogen-bond acceptors (Lipinski definition) is 8. The molecule has 5 N–H and O–H groups in total. The van der Waals surface area contributed by atoms with Crippen LogP contribution in [0.1, 0.15) is 29.6 Å². The third-order valence-corrected chi connectivity index (χ3v) is 7.25. The van der Waals surface area contributed by atoms with E-state index in [1.165, 1.54) is 28.9 Å². The molecule has 0 saturated heterocycles. The van der Waals surface area contributed by atoms with Gasteiger partial charge in [0.05, 0.1) is 28.0 Å². The number of anilines is 2. The number of thiophene rings is 2. The molecule has 166 valence electrons. The third kappa shape index (κ3) is 5.34. The number of nitrogens with two attached hydrogens (primary N) is 1. The molecule has 0 radical (unpaired) electrons. The first-order valence-electron chi connectivity index (χ1n) is 9.02. The molecule has 31 heavy (non-hydrogen) atoms. The summed E-state index contributed by atoms with van der Waals surface area (Å²) in [5, 5.41) is 18.1. The molecule has 0 spiro atoms. The number of carboxylic acid groups (broad SMARTS) is 1. The van der Waals surface area contributed by atoms with E-state index >= 15 is 0 Å². The van der Waals surface area contributed by atoms with Crippen LogP contribution in [-0.4, -0.2) is 45.5 Å². The van der Waals surface area contributed by atoms with Crippen molar-refractivity contribution in [1.82, 2.24) is 9.97 Å². The van der Waals surface area contributed by atoms with Crippen LogP contribution in [0.25, 0.3) is 10.3 Å². The number of hydrogen-bond donors (Lipinski definition) is 4. The van der Waals surface area contributed by atoms with Crippen LogP contribution in [-0.2, 0) is 4.79 Å². The van der Waals surface area contributed by atoms with E-state index in [-0.39, 0.29) is 18.8 Å². The van der Waals surface area contributed by atoms with E-state index in [0.717, 1.165) is 4.47 Å². The normalized spacial score (nSPS) is 19.9. The van der Waals surface area contributed by atoms with Crippen molar-refractivity contribution in [1.29, 1.82) is 0 Å². The Morgan fingerprint density at radius 3 is 2.81 bits per heavy atom. The van der Waals surface area contributed by atoms with Crippen LogP contribution in [0.5, 0.6) is 0 Å². The van der Waals surface area contributed by atoms with Crippen LogP contribution >= 0.6 is 38.6 Å². The molecule has 0 bridgehead atoms. The fraction of sp³-hybridized carbons (Fsp3) is 0.333.